The molecule has 6 heteroatoms. The van der Waals surface area contributed by atoms with Gasteiger partial charge in [-0.3, -0.25) is 19.2 Å². The molecule has 2 rings (SSSR count). The van der Waals surface area contributed by atoms with Crippen molar-refractivity contribution in [2.45, 2.75) is 79.1 Å². The largest absolute Gasteiger partial charge is 0.396 e. The zero-order chi connectivity index (χ0) is 26.9. The Morgan fingerprint density at radius 1 is 0.611 bits per heavy atom. The van der Waals surface area contributed by atoms with Crippen molar-refractivity contribution in [3.63, 3.8) is 0 Å². The minimum Gasteiger partial charge on any atom is -0.396 e. The molecule has 6 nitrogen and oxygen atoms in total. The molecule has 0 spiro atoms. The van der Waals surface area contributed by atoms with Crippen molar-refractivity contribution in [3.8, 4) is 0 Å². The summed E-state index contributed by atoms with van der Waals surface area (Å²) in [6.45, 7) is 8.13. The van der Waals surface area contributed by atoms with E-state index in [1.807, 2.05) is 27.7 Å². The fourth-order valence-corrected chi connectivity index (χ4v) is 4.16. The fourth-order valence-electron chi connectivity index (χ4n) is 4.16. The molecule has 36 heavy (non-hydrogen) atoms. The first-order valence-corrected chi connectivity index (χ1v) is 12.8. The Hall–Kier alpha value is -2.70. The molecule has 2 N–H and O–H groups in total. The van der Waals surface area contributed by atoms with Crippen LogP contribution >= 0.6 is 0 Å². The highest BCUT2D eigenvalue weighted by Gasteiger charge is 2.23. The highest BCUT2D eigenvalue weighted by Crippen LogP contribution is 2.27. The number of aliphatic hydroxyl groups excluding tert-OH is 2. The van der Waals surface area contributed by atoms with E-state index in [2.05, 4.69) is 0 Å². The second-order valence-electron chi connectivity index (χ2n) is 11.4. The number of hydrogen-bond acceptors (Lipinski definition) is 6. The summed E-state index contributed by atoms with van der Waals surface area (Å²) in [6.07, 6.45) is 13.8. The molecule has 0 fully saturated rings. The van der Waals surface area contributed by atoms with Crippen LogP contribution in [0.3, 0.4) is 0 Å². The molecule has 0 aromatic carbocycles. The van der Waals surface area contributed by atoms with Crippen molar-refractivity contribution < 1.29 is 29.4 Å². The van der Waals surface area contributed by atoms with Crippen molar-refractivity contribution in [3.05, 3.63) is 58.7 Å². The topological polar surface area (TPSA) is 109 Å². The molecule has 0 saturated heterocycles. The first-order chi connectivity index (χ1) is 16.9. The predicted octanol–water partition coefficient (Wildman–Crippen LogP) is 4.71. The highest BCUT2D eigenvalue weighted by molar-refractivity contribution is 6.23. The SMILES string of the molecule is CC(C)(CO)CCCCC1=CC(=O)C=C(C=CC2=CC(=O)C=C(CCCCC(C)(C)CO)C2=O)C1=O. The van der Waals surface area contributed by atoms with E-state index in [4.69, 9.17) is 0 Å². The minimum atomic E-state index is -0.272. The smallest absolute Gasteiger partial charge is 0.189 e. The van der Waals surface area contributed by atoms with E-state index < -0.39 is 0 Å². The zero-order valence-electron chi connectivity index (χ0n) is 22.1. The van der Waals surface area contributed by atoms with E-state index in [1.165, 1.54) is 36.5 Å². The molecule has 2 aliphatic carbocycles. The molecule has 0 aromatic rings. The van der Waals surface area contributed by atoms with Gasteiger partial charge >= 0.3 is 0 Å². The van der Waals surface area contributed by atoms with Crippen LogP contribution in [0.1, 0.15) is 79.1 Å². The van der Waals surface area contributed by atoms with Gasteiger partial charge in [-0.1, -0.05) is 52.7 Å². The van der Waals surface area contributed by atoms with E-state index >= 15 is 0 Å². The number of aliphatic hydroxyl groups is 2. The third-order valence-electron chi connectivity index (χ3n) is 6.73. The molecule has 0 saturated carbocycles. The van der Waals surface area contributed by atoms with Crippen molar-refractivity contribution in [2.75, 3.05) is 13.2 Å². The Kier molecular flexibility index (Phi) is 10.7. The van der Waals surface area contributed by atoms with E-state index in [1.54, 1.807) is 0 Å². The number of ketones is 4. The average molecular weight is 497 g/mol. The van der Waals surface area contributed by atoms with Crippen LogP contribution in [-0.2, 0) is 19.2 Å². The summed E-state index contributed by atoms with van der Waals surface area (Å²) in [5.74, 6) is -1.04. The molecular formula is C30H40O6. The lowest BCUT2D eigenvalue weighted by atomic mass is 9.86. The van der Waals surface area contributed by atoms with Crippen LogP contribution in [0.2, 0.25) is 0 Å². The van der Waals surface area contributed by atoms with Crippen LogP contribution < -0.4 is 0 Å². The van der Waals surface area contributed by atoms with E-state index in [9.17, 15) is 29.4 Å². The quantitative estimate of drug-likeness (QED) is 0.266. The summed E-state index contributed by atoms with van der Waals surface area (Å²) in [7, 11) is 0. The van der Waals surface area contributed by atoms with Gasteiger partial charge < -0.3 is 10.2 Å². The van der Waals surface area contributed by atoms with Gasteiger partial charge in [-0.2, -0.15) is 0 Å². The Balaban J connectivity index is 1.97. The Morgan fingerprint density at radius 3 is 1.31 bits per heavy atom. The normalized spacial score (nSPS) is 17.4. The van der Waals surface area contributed by atoms with Crippen LogP contribution in [0.5, 0.6) is 0 Å². The maximum absolute atomic E-state index is 12.9. The van der Waals surface area contributed by atoms with Gasteiger partial charge in [-0.15, -0.1) is 0 Å². The second kappa shape index (κ2) is 13.0. The van der Waals surface area contributed by atoms with Crippen LogP contribution in [0.4, 0.5) is 0 Å². The zero-order valence-corrected chi connectivity index (χ0v) is 22.1. The van der Waals surface area contributed by atoms with Crippen molar-refractivity contribution in [2.24, 2.45) is 10.8 Å². The van der Waals surface area contributed by atoms with Crippen molar-refractivity contribution in [1.29, 1.82) is 0 Å². The summed E-state index contributed by atoms with van der Waals surface area (Å²) in [4.78, 5) is 50.2. The van der Waals surface area contributed by atoms with Crippen molar-refractivity contribution in [1.82, 2.24) is 0 Å². The summed E-state index contributed by atoms with van der Waals surface area (Å²) in [5.41, 5.74) is 0.949. The molecule has 0 radical (unpaired) electrons. The minimum absolute atomic E-state index is 0.0979. The molecule has 0 aromatic heterocycles. The molecule has 2 aliphatic rings. The van der Waals surface area contributed by atoms with Gasteiger partial charge in [0.2, 0.25) is 0 Å². The number of carbonyl (C=O) groups is 4. The Labute approximate surface area is 214 Å². The van der Waals surface area contributed by atoms with Crippen molar-refractivity contribution >= 4 is 23.1 Å². The van der Waals surface area contributed by atoms with Gasteiger partial charge in [-0.05, 0) is 73.7 Å². The van der Waals surface area contributed by atoms with Gasteiger partial charge in [-0.25, -0.2) is 0 Å². The average Bonchev–Trinajstić information content (AvgIpc) is 2.82. The lowest BCUT2D eigenvalue weighted by Crippen LogP contribution is -2.17. The standard InChI is InChI=1S/C30H40O6/c1-29(2,19-31)13-7-5-9-21-15-25(33)17-23(27(21)35)11-12-24-18-26(34)16-22(28(24)36)10-6-8-14-30(3,4)20-32/h11-12,15-18,31-32H,5-10,13-14,19-20H2,1-4H3. The second-order valence-corrected chi connectivity index (χ2v) is 11.4. The highest BCUT2D eigenvalue weighted by atomic mass is 16.3. The number of rotatable bonds is 14. The number of unbranched alkanes of at least 4 members (excludes halogenated alkanes) is 2. The maximum atomic E-state index is 12.9. The third-order valence-corrected chi connectivity index (χ3v) is 6.73. The lowest BCUT2D eigenvalue weighted by Gasteiger charge is -2.21. The van der Waals surface area contributed by atoms with Gasteiger partial charge in [0.25, 0.3) is 0 Å². The van der Waals surface area contributed by atoms with Gasteiger partial charge in [0.15, 0.2) is 23.1 Å². The van der Waals surface area contributed by atoms with Crippen LogP contribution in [0.25, 0.3) is 0 Å². The van der Waals surface area contributed by atoms with Gasteiger partial charge in [0.05, 0.1) is 0 Å². The van der Waals surface area contributed by atoms with E-state index in [-0.39, 0.29) is 58.3 Å². The van der Waals surface area contributed by atoms with E-state index in [0.29, 0.717) is 24.0 Å². The molecule has 0 aliphatic heterocycles. The predicted molar refractivity (Wildman–Crippen MR) is 140 cm³/mol. The lowest BCUT2D eigenvalue weighted by molar-refractivity contribution is -0.115. The summed E-state index contributed by atoms with van der Waals surface area (Å²) < 4.78 is 0. The molecular weight excluding hydrogens is 456 g/mol. The maximum Gasteiger partial charge on any atom is 0.189 e. The molecule has 0 amide bonds. The molecule has 0 unspecified atom stereocenters. The number of hydrogen-bond donors (Lipinski definition) is 2. The molecule has 0 heterocycles. The Morgan fingerprint density at radius 2 is 0.972 bits per heavy atom. The number of allylic oxidation sites excluding steroid dienone is 10. The summed E-state index contributed by atoms with van der Waals surface area (Å²) >= 11 is 0. The molecule has 196 valence electrons. The molecule has 0 atom stereocenters. The van der Waals surface area contributed by atoms with E-state index in [0.717, 1.165) is 38.5 Å². The van der Waals surface area contributed by atoms with Crippen LogP contribution in [-0.4, -0.2) is 46.6 Å². The third kappa shape index (κ3) is 9.07. The fraction of sp³-hybridized carbons (Fsp3) is 0.533. The summed E-state index contributed by atoms with van der Waals surface area (Å²) in [5, 5.41) is 18.8. The number of Topliss-reactive ketones (excluding diaryl/α,β-unsaturated/α-hetero) is 2. The monoisotopic (exact) mass is 496 g/mol. The van der Waals surface area contributed by atoms with Gasteiger partial charge in [0, 0.05) is 35.5 Å². The summed E-state index contributed by atoms with van der Waals surface area (Å²) in [6, 6.07) is 0. The molecule has 0 bridgehead atoms. The van der Waals surface area contributed by atoms with Crippen LogP contribution in [0, 0.1) is 10.8 Å². The number of carbonyl (C=O) groups excluding carboxylic acids is 4. The van der Waals surface area contributed by atoms with Crippen LogP contribution in [0.15, 0.2) is 58.7 Å². The first-order valence-electron chi connectivity index (χ1n) is 12.8. The first kappa shape index (κ1) is 29.5. The Bertz CT molecular complexity index is 948. The van der Waals surface area contributed by atoms with Gasteiger partial charge in [0.1, 0.15) is 0 Å².